The minimum absolute atomic E-state index is 0.0523. The number of nitrogens with zero attached hydrogens (tertiary/aromatic N) is 1. The molecule has 0 saturated carbocycles. The van der Waals surface area contributed by atoms with Crippen molar-refractivity contribution in [1.82, 2.24) is 0 Å². The van der Waals surface area contributed by atoms with E-state index in [1.54, 1.807) is 14.2 Å². The Morgan fingerprint density at radius 1 is 1.25 bits per heavy atom. The number of hydrogen-bond acceptors (Lipinski definition) is 4. The van der Waals surface area contributed by atoms with Crippen molar-refractivity contribution >= 4 is 11.6 Å². The largest absolute Gasteiger partial charge is 0.497 e. The number of fused-ring (bicyclic) bond motifs is 1. The van der Waals surface area contributed by atoms with Gasteiger partial charge in [-0.3, -0.25) is 4.79 Å². The van der Waals surface area contributed by atoms with Gasteiger partial charge < -0.3 is 19.1 Å². The van der Waals surface area contributed by atoms with Gasteiger partial charge >= 0.3 is 0 Å². The van der Waals surface area contributed by atoms with Crippen LogP contribution in [0.15, 0.2) is 24.3 Å². The normalized spacial score (nSPS) is 32.5. The third kappa shape index (κ3) is 1.98. The van der Waals surface area contributed by atoms with E-state index < -0.39 is 0 Å². The average molecular weight is 277 g/mol. The fourth-order valence-electron chi connectivity index (χ4n) is 3.12. The number of hydrogen-bond donors (Lipinski definition) is 0. The topological polar surface area (TPSA) is 48.0 Å². The molecule has 0 bridgehead atoms. The highest BCUT2D eigenvalue weighted by Gasteiger charge is 2.54. The predicted molar refractivity (Wildman–Crippen MR) is 73.7 cm³/mol. The number of carbonyl (C=O) groups excluding carboxylic acids is 1. The molecular formula is C15H19NO4. The number of carbonyl (C=O) groups is 1. The second kappa shape index (κ2) is 5.07. The van der Waals surface area contributed by atoms with E-state index in [1.165, 1.54) is 0 Å². The van der Waals surface area contributed by atoms with Crippen molar-refractivity contribution in [2.75, 3.05) is 19.1 Å². The maximum Gasteiger partial charge on any atom is 0.235 e. The monoisotopic (exact) mass is 277 g/mol. The third-order valence-electron chi connectivity index (χ3n) is 4.19. The Bertz CT molecular complexity index is 501. The summed E-state index contributed by atoms with van der Waals surface area (Å²) in [5.74, 6) is 0.860. The van der Waals surface area contributed by atoms with Crippen molar-refractivity contribution < 1.29 is 19.0 Å². The summed E-state index contributed by atoms with van der Waals surface area (Å²) in [5.41, 5.74) is 0.904. The first-order valence-electron chi connectivity index (χ1n) is 6.81. The van der Waals surface area contributed by atoms with E-state index in [2.05, 4.69) is 0 Å². The van der Waals surface area contributed by atoms with E-state index in [1.807, 2.05) is 36.1 Å². The molecule has 2 heterocycles. The molecule has 1 amide bonds. The van der Waals surface area contributed by atoms with Gasteiger partial charge in [0.15, 0.2) is 6.29 Å². The summed E-state index contributed by atoms with van der Waals surface area (Å²) in [6, 6.07) is 7.72. The fourth-order valence-corrected chi connectivity index (χ4v) is 3.12. The summed E-state index contributed by atoms with van der Waals surface area (Å²) in [6.07, 6.45) is 0.379. The number of rotatable bonds is 3. The highest BCUT2D eigenvalue weighted by Crippen LogP contribution is 2.42. The van der Waals surface area contributed by atoms with Crippen LogP contribution in [0.3, 0.4) is 0 Å². The third-order valence-corrected chi connectivity index (χ3v) is 4.19. The van der Waals surface area contributed by atoms with Gasteiger partial charge in [-0.2, -0.15) is 0 Å². The van der Waals surface area contributed by atoms with Crippen LogP contribution in [-0.4, -0.2) is 38.6 Å². The molecule has 0 spiro atoms. The number of methoxy groups -OCH3 is 2. The molecule has 0 aromatic heterocycles. The molecule has 1 aromatic carbocycles. The molecule has 1 aromatic rings. The number of benzene rings is 1. The zero-order chi connectivity index (χ0) is 14.3. The second-order valence-corrected chi connectivity index (χ2v) is 5.24. The molecule has 3 rings (SSSR count). The molecule has 108 valence electrons. The van der Waals surface area contributed by atoms with Crippen LogP contribution in [0.2, 0.25) is 0 Å². The summed E-state index contributed by atoms with van der Waals surface area (Å²) in [7, 11) is 3.26. The first-order chi connectivity index (χ1) is 9.65. The Morgan fingerprint density at radius 3 is 2.55 bits per heavy atom. The van der Waals surface area contributed by atoms with Gasteiger partial charge in [0, 0.05) is 19.2 Å². The molecule has 2 fully saturated rings. The van der Waals surface area contributed by atoms with E-state index in [9.17, 15) is 4.79 Å². The van der Waals surface area contributed by atoms with Crippen molar-refractivity contribution in [2.45, 2.75) is 31.8 Å². The molecule has 20 heavy (non-hydrogen) atoms. The first-order valence-corrected chi connectivity index (χ1v) is 6.81. The molecule has 2 aliphatic rings. The molecule has 2 saturated heterocycles. The van der Waals surface area contributed by atoms with Crippen molar-refractivity contribution in [1.29, 1.82) is 0 Å². The van der Waals surface area contributed by atoms with E-state index >= 15 is 0 Å². The summed E-state index contributed by atoms with van der Waals surface area (Å²) >= 11 is 0. The Kier molecular flexibility index (Phi) is 3.40. The maximum atomic E-state index is 12.3. The number of β-lactam (4-membered cyclic amide) rings is 1. The predicted octanol–water partition coefficient (Wildman–Crippen LogP) is 1.81. The van der Waals surface area contributed by atoms with Gasteiger partial charge in [0.2, 0.25) is 5.91 Å². The lowest BCUT2D eigenvalue weighted by molar-refractivity contribution is -0.209. The van der Waals surface area contributed by atoms with Crippen molar-refractivity contribution in [2.24, 2.45) is 5.92 Å². The van der Waals surface area contributed by atoms with Gasteiger partial charge in [-0.25, -0.2) is 0 Å². The Hall–Kier alpha value is -1.59. The lowest BCUT2D eigenvalue weighted by atomic mass is 9.79. The molecule has 4 atom stereocenters. The van der Waals surface area contributed by atoms with Gasteiger partial charge in [-0.1, -0.05) is 0 Å². The zero-order valence-corrected chi connectivity index (χ0v) is 11.9. The van der Waals surface area contributed by atoms with Crippen LogP contribution >= 0.6 is 0 Å². The highest BCUT2D eigenvalue weighted by molar-refractivity contribution is 6.03. The van der Waals surface area contributed by atoms with E-state index in [4.69, 9.17) is 14.2 Å². The summed E-state index contributed by atoms with van der Waals surface area (Å²) < 4.78 is 16.1. The quantitative estimate of drug-likeness (QED) is 0.791. The molecule has 2 aliphatic heterocycles. The van der Waals surface area contributed by atoms with Gasteiger partial charge in [0.1, 0.15) is 5.75 Å². The maximum absolute atomic E-state index is 12.3. The fraction of sp³-hybridized carbons (Fsp3) is 0.533. The van der Waals surface area contributed by atoms with Gasteiger partial charge in [-0.05, 0) is 31.2 Å². The summed E-state index contributed by atoms with van der Waals surface area (Å²) in [6.45, 7) is 1.94. The molecular weight excluding hydrogens is 258 g/mol. The Labute approximate surface area is 118 Å². The average Bonchev–Trinajstić information content (AvgIpc) is 2.46. The van der Waals surface area contributed by atoms with Crippen LogP contribution in [0.1, 0.15) is 13.3 Å². The van der Waals surface area contributed by atoms with Crippen molar-refractivity contribution in [3.63, 3.8) is 0 Å². The number of anilines is 1. The Morgan fingerprint density at radius 2 is 1.95 bits per heavy atom. The molecule has 0 N–H and O–H groups in total. The molecule has 0 unspecified atom stereocenters. The second-order valence-electron chi connectivity index (χ2n) is 5.24. The molecule has 5 heteroatoms. The number of amides is 1. The lowest BCUT2D eigenvalue weighted by Crippen LogP contribution is -2.68. The van der Waals surface area contributed by atoms with Crippen LogP contribution < -0.4 is 9.64 Å². The minimum atomic E-state index is -0.236. The minimum Gasteiger partial charge on any atom is -0.497 e. The van der Waals surface area contributed by atoms with Gasteiger partial charge in [0.25, 0.3) is 0 Å². The van der Waals surface area contributed by atoms with Crippen LogP contribution in [-0.2, 0) is 14.3 Å². The smallest absolute Gasteiger partial charge is 0.235 e. The molecule has 0 aliphatic carbocycles. The number of ether oxygens (including phenoxy) is 3. The van der Waals surface area contributed by atoms with Crippen molar-refractivity contribution in [3.05, 3.63) is 24.3 Å². The van der Waals surface area contributed by atoms with Gasteiger partial charge in [-0.15, -0.1) is 0 Å². The van der Waals surface area contributed by atoms with E-state index in [0.29, 0.717) is 6.42 Å². The molecule has 0 radical (unpaired) electrons. The van der Waals surface area contributed by atoms with Crippen molar-refractivity contribution in [3.8, 4) is 5.75 Å². The van der Waals surface area contributed by atoms with Crippen LogP contribution in [0.5, 0.6) is 5.75 Å². The molecule has 5 nitrogen and oxygen atoms in total. The van der Waals surface area contributed by atoms with Crippen LogP contribution in [0.4, 0.5) is 5.69 Å². The van der Waals surface area contributed by atoms with Crippen LogP contribution in [0, 0.1) is 5.92 Å². The summed E-state index contributed by atoms with van der Waals surface area (Å²) in [4.78, 5) is 14.2. The van der Waals surface area contributed by atoms with E-state index in [0.717, 1.165) is 11.4 Å². The van der Waals surface area contributed by atoms with Gasteiger partial charge in [0.05, 0.1) is 25.2 Å². The standard InChI is InChI=1S/C15H19NO4/c1-9-14-12(8-13(19-3)20-9)16(15(14)17)10-4-6-11(18-2)7-5-10/h4-7,9,12-14H,8H2,1-3H3/t9-,12-,13+,14+/m0/s1. The highest BCUT2D eigenvalue weighted by atomic mass is 16.7. The van der Waals surface area contributed by atoms with E-state index in [-0.39, 0.29) is 30.3 Å². The zero-order valence-electron chi connectivity index (χ0n) is 11.9. The van der Waals surface area contributed by atoms with Crippen LogP contribution in [0.25, 0.3) is 0 Å². The summed E-state index contributed by atoms with van der Waals surface area (Å²) in [5, 5.41) is 0. The SMILES string of the molecule is COc1ccc(N2C(=O)[C@@H]3[C@H](C)O[C@@H](OC)C[C@@H]32)cc1. The Balaban J connectivity index is 1.81. The lowest BCUT2D eigenvalue weighted by Gasteiger charge is -2.53. The first kappa shape index (κ1) is 13.4.